The van der Waals surface area contributed by atoms with Crippen LogP contribution in [0.25, 0.3) is 22.2 Å². The van der Waals surface area contributed by atoms with Gasteiger partial charge in [-0.15, -0.1) is 5.10 Å². The number of benzene rings is 2. The Hall–Kier alpha value is -4.67. The summed E-state index contributed by atoms with van der Waals surface area (Å²) in [5, 5.41) is 26.5. The molecule has 0 saturated carbocycles. The number of aromatic nitrogens is 3. The lowest BCUT2D eigenvalue weighted by Crippen LogP contribution is -2.45. The minimum Gasteiger partial charge on any atom is -0.467 e. The molecule has 3 heterocycles. The number of nitroso groups, excluding NO2 is 1. The van der Waals surface area contributed by atoms with Crippen LogP contribution in [0.5, 0.6) is 0 Å². The van der Waals surface area contributed by atoms with Crippen molar-refractivity contribution in [2.45, 2.75) is 12.1 Å². The van der Waals surface area contributed by atoms with E-state index in [1.165, 1.54) is 31.4 Å². The van der Waals surface area contributed by atoms with Crippen LogP contribution in [0, 0.1) is 15.0 Å². The highest BCUT2D eigenvalue weighted by Crippen LogP contribution is 2.48. The largest absolute Gasteiger partial charge is 0.467 e. The fourth-order valence-electron chi connectivity index (χ4n) is 4.38. The second-order valence-electron chi connectivity index (χ2n) is 7.45. The van der Waals surface area contributed by atoms with E-state index in [-0.39, 0.29) is 12.2 Å². The first kappa shape index (κ1) is 20.2. The number of nitrogens with zero attached hydrogens (tertiary/aromatic N) is 4. The van der Waals surface area contributed by atoms with Crippen molar-refractivity contribution in [2.75, 3.05) is 12.4 Å². The number of hydrogen-bond donors (Lipinski definition) is 2. The summed E-state index contributed by atoms with van der Waals surface area (Å²) in [7, 11) is 1.27. The molecule has 4 aromatic rings. The smallest absolute Gasteiger partial charge is 0.341 e. The Bertz CT molecular complexity index is 1430. The number of ether oxygens (including phenoxy) is 1. The Morgan fingerprint density at radius 1 is 1.18 bits per heavy atom. The van der Waals surface area contributed by atoms with Crippen LogP contribution >= 0.6 is 0 Å². The van der Waals surface area contributed by atoms with Gasteiger partial charge in [-0.25, -0.2) is 4.79 Å². The maximum absolute atomic E-state index is 13.5. The number of nitro groups is 1. The Morgan fingerprint density at radius 3 is 2.64 bits per heavy atom. The van der Waals surface area contributed by atoms with E-state index in [0.717, 1.165) is 0 Å². The van der Waals surface area contributed by atoms with Gasteiger partial charge in [0.2, 0.25) is 0 Å². The van der Waals surface area contributed by atoms with Crippen molar-refractivity contribution in [3.63, 3.8) is 0 Å². The third-order valence-electron chi connectivity index (χ3n) is 5.81. The van der Waals surface area contributed by atoms with E-state index in [9.17, 15) is 19.8 Å². The highest BCUT2D eigenvalue weighted by atomic mass is 16.6. The summed E-state index contributed by atoms with van der Waals surface area (Å²) in [5.41, 5.74) is 1.88. The number of nitrogens with one attached hydrogen (secondary N) is 2. The molecular formula is C22H16N6O5. The van der Waals surface area contributed by atoms with Crippen molar-refractivity contribution >= 4 is 28.4 Å². The van der Waals surface area contributed by atoms with Crippen molar-refractivity contribution in [2.24, 2.45) is 5.18 Å². The third kappa shape index (κ3) is 2.86. The van der Waals surface area contributed by atoms with E-state index in [0.29, 0.717) is 44.7 Å². The molecule has 1 aliphatic rings. The number of hydrogen-bond acceptors (Lipinski definition) is 9. The van der Waals surface area contributed by atoms with E-state index in [4.69, 9.17) is 4.74 Å². The number of H-pyrrole nitrogens is 1. The SMILES string of the molecule is COC(=O)C1(c2ccc([N+](=O)[O-])cc2)Nc2ccccc2-c2c(CN=O)nnc3[nH]cc1c23. The number of nitro benzene ring substituents is 1. The molecule has 1 aliphatic heterocycles. The number of esters is 1. The van der Waals surface area contributed by atoms with Crippen LogP contribution in [0.3, 0.4) is 0 Å². The van der Waals surface area contributed by atoms with Crippen LogP contribution < -0.4 is 5.32 Å². The Balaban J connectivity index is 1.92. The summed E-state index contributed by atoms with van der Waals surface area (Å²) in [6, 6.07) is 12.9. The Kier molecular flexibility index (Phi) is 4.59. The predicted octanol–water partition coefficient (Wildman–Crippen LogP) is 3.64. The summed E-state index contributed by atoms with van der Waals surface area (Å²) in [4.78, 5) is 38.4. The molecule has 2 N–H and O–H groups in total. The van der Waals surface area contributed by atoms with E-state index in [1.54, 1.807) is 18.3 Å². The molecule has 0 fully saturated rings. The van der Waals surface area contributed by atoms with Gasteiger partial charge in [0.1, 0.15) is 6.54 Å². The molecule has 0 radical (unpaired) electrons. The third-order valence-corrected chi connectivity index (χ3v) is 5.81. The zero-order valence-corrected chi connectivity index (χ0v) is 17.2. The minimum atomic E-state index is -1.57. The summed E-state index contributed by atoms with van der Waals surface area (Å²) >= 11 is 0. The van der Waals surface area contributed by atoms with Crippen LogP contribution in [0.15, 0.2) is 59.9 Å². The molecule has 1 atom stereocenters. The van der Waals surface area contributed by atoms with E-state index < -0.39 is 16.4 Å². The second-order valence-corrected chi connectivity index (χ2v) is 7.45. The highest BCUT2D eigenvalue weighted by Gasteiger charge is 2.48. The summed E-state index contributed by atoms with van der Waals surface area (Å²) < 4.78 is 5.24. The van der Waals surface area contributed by atoms with Crippen molar-refractivity contribution in [3.05, 3.63) is 86.6 Å². The van der Waals surface area contributed by atoms with Gasteiger partial charge in [-0.1, -0.05) is 23.4 Å². The number of methoxy groups -OCH3 is 1. The molecule has 164 valence electrons. The lowest BCUT2D eigenvalue weighted by Gasteiger charge is -2.32. The standard InChI is InChI=1S/C22H16N6O5/c1-33-21(29)22(12-6-8-13(9-7-12)28(31)32)15-10-23-20-19(15)18(17(11-24-30)26-27-20)14-4-2-3-5-16(14)25-22/h2-10,25H,11H2,1H3,(H,23,27). The number of carbonyl (C=O) groups excluding carboxylic acids is 1. The van der Waals surface area contributed by atoms with Crippen LogP contribution in [-0.4, -0.2) is 33.2 Å². The number of para-hydroxylation sites is 1. The summed E-state index contributed by atoms with van der Waals surface area (Å²) in [6.45, 7) is -0.208. The Morgan fingerprint density at radius 2 is 1.94 bits per heavy atom. The zero-order chi connectivity index (χ0) is 23.2. The van der Waals surface area contributed by atoms with Crippen molar-refractivity contribution in [1.29, 1.82) is 0 Å². The van der Waals surface area contributed by atoms with Crippen LogP contribution in [0.2, 0.25) is 0 Å². The quantitative estimate of drug-likeness (QED) is 0.205. The molecular weight excluding hydrogens is 428 g/mol. The molecule has 0 saturated heterocycles. The van der Waals surface area contributed by atoms with Gasteiger partial charge in [-0.2, -0.15) is 10.0 Å². The highest BCUT2D eigenvalue weighted by molar-refractivity contribution is 6.07. The van der Waals surface area contributed by atoms with E-state index in [2.05, 4.69) is 25.7 Å². The summed E-state index contributed by atoms with van der Waals surface area (Å²) in [6.07, 6.45) is 1.62. The Labute approximate surface area is 185 Å². The fraction of sp³-hybridized carbons (Fsp3) is 0.136. The molecule has 33 heavy (non-hydrogen) atoms. The van der Waals surface area contributed by atoms with Gasteiger partial charge >= 0.3 is 5.97 Å². The average Bonchev–Trinajstić information content (AvgIpc) is 3.21. The van der Waals surface area contributed by atoms with Crippen molar-refractivity contribution < 1.29 is 14.5 Å². The lowest BCUT2D eigenvalue weighted by molar-refractivity contribution is -0.384. The maximum Gasteiger partial charge on any atom is 0.341 e. The average molecular weight is 444 g/mol. The normalized spacial score (nSPS) is 16.4. The molecule has 1 unspecified atom stereocenters. The molecule has 0 spiro atoms. The zero-order valence-electron chi connectivity index (χ0n) is 17.2. The fourth-order valence-corrected chi connectivity index (χ4v) is 4.38. The lowest BCUT2D eigenvalue weighted by atomic mass is 9.82. The molecule has 11 nitrogen and oxygen atoms in total. The minimum absolute atomic E-state index is 0.113. The maximum atomic E-state index is 13.5. The van der Waals surface area contributed by atoms with Crippen molar-refractivity contribution in [3.8, 4) is 11.1 Å². The van der Waals surface area contributed by atoms with Gasteiger partial charge in [0.15, 0.2) is 11.2 Å². The first-order chi connectivity index (χ1) is 16.0. The molecule has 2 aromatic heterocycles. The predicted molar refractivity (Wildman–Crippen MR) is 118 cm³/mol. The molecule has 5 rings (SSSR count). The second kappa shape index (κ2) is 7.48. The van der Waals surface area contributed by atoms with E-state index in [1.807, 2.05) is 12.1 Å². The van der Waals surface area contributed by atoms with Crippen LogP contribution in [-0.2, 0) is 21.6 Å². The van der Waals surface area contributed by atoms with E-state index >= 15 is 0 Å². The van der Waals surface area contributed by atoms with Gasteiger partial charge < -0.3 is 15.0 Å². The molecule has 0 amide bonds. The van der Waals surface area contributed by atoms with Crippen LogP contribution in [0.4, 0.5) is 11.4 Å². The van der Waals surface area contributed by atoms with Crippen LogP contribution in [0.1, 0.15) is 16.8 Å². The first-order valence-corrected chi connectivity index (χ1v) is 9.88. The molecule has 2 aromatic carbocycles. The number of aromatic amines is 1. The van der Waals surface area contributed by atoms with Gasteiger partial charge in [0.05, 0.1) is 17.7 Å². The summed E-state index contributed by atoms with van der Waals surface area (Å²) in [5.74, 6) is -0.633. The van der Waals surface area contributed by atoms with Crippen molar-refractivity contribution in [1.82, 2.24) is 15.2 Å². The molecule has 0 bridgehead atoms. The molecule has 11 heteroatoms. The van der Waals surface area contributed by atoms with Gasteiger partial charge in [-0.3, -0.25) is 10.1 Å². The number of anilines is 1. The monoisotopic (exact) mass is 444 g/mol. The van der Waals surface area contributed by atoms with Gasteiger partial charge in [0, 0.05) is 46.1 Å². The number of carbonyl (C=O) groups is 1. The van der Waals surface area contributed by atoms with Gasteiger partial charge in [-0.05, 0) is 23.8 Å². The molecule has 0 aliphatic carbocycles. The number of rotatable bonds is 5. The first-order valence-electron chi connectivity index (χ1n) is 9.88. The topological polar surface area (TPSA) is 152 Å². The number of fused-ring (bicyclic) bond motifs is 2. The number of non-ortho nitro benzene ring substituents is 1. The van der Waals surface area contributed by atoms with Gasteiger partial charge in [0.25, 0.3) is 5.69 Å².